The SMILES string of the molecule is Cc1ccc(S(=O)(=O)[C@@H]2COC[C@@H]2C)cc1. The van der Waals surface area contributed by atoms with Crippen LogP contribution in [0.1, 0.15) is 12.5 Å². The molecule has 1 aliphatic rings. The van der Waals surface area contributed by atoms with Crippen molar-refractivity contribution in [2.24, 2.45) is 5.92 Å². The lowest BCUT2D eigenvalue weighted by atomic mass is 10.2. The smallest absolute Gasteiger partial charge is 0.183 e. The molecule has 2 atom stereocenters. The Morgan fingerprint density at radius 3 is 2.31 bits per heavy atom. The highest BCUT2D eigenvalue weighted by atomic mass is 32.2. The highest BCUT2D eigenvalue weighted by molar-refractivity contribution is 7.92. The first-order chi connectivity index (χ1) is 7.51. The summed E-state index contributed by atoms with van der Waals surface area (Å²) in [4.78, 5) is 0.403. The standard InChI is InChI=1S/C12H16O3S/c1-9-3-5-11(6-4-9)16(13,14)12-8-15-7-10(12)2/h3-6,10,12H,7-8H2,1-2H3/t10-,12+/m0/s1. The second kappa shape index (κ2) is 4.18. The van der Waals surface area contributed by atoms with E-state index in [2.05, 4.69) is 0 Å². The first-order valence-corrected chi connectivity index (χ1v) is 6.95. The van der Waals surface area contributed by atoms with Gasteiger partial charge in [0.25, 0.3) is 0 Å². The summed E-state index contributed by atoms with van der Waals surface area (Å²) in [5, 5.41) is -0.393. The Balaban J connectivity index is 2.35. The highest BCUT2D eigenvalue weighted by Crippen LogP contribution is 2.26. The fourth-order valence-electron chi connectivity index (χ4n) is 1.94. The van der Waals surface area contributed by atoms with Crippen LogP contribution in [0.15, 0.2) is 29.2 Å². The van der Waals surface area contributed by atoms with Gasteiger partial charge in [-0.25, -0.2) is 8.42 Å². The van der Waals surface area contributed by atoms with Crippen molar-refractivity contribution in [1.82, 2.24) is 0 Å². The molecule has 0 aliphatic carbocycles. The number of benzene rings is 1. The van der Waals surface area contributed by atoms with E-state index in [1.54, 1.807) is 12.1 Å². The molecule has 88 valence electrons. The number of ether oxygens (including phenoxy) is 1. The third-order valence-electron chi connectivity index (χ3n) is 3.05. The molecule has 1 heterocycles. The van der Waals surface area contributed by atoms with Crippen LogP contribution in [0.4, 0.5) is 0 Å². The average Bonchev–Trinajstić information content (AvgIpc) is 2.66. The van der Waals surface area contributed by atoms with E-state index < -0.39 is 15.1 Å². The molecule has 0 bridgehead atoms. The summed E-state index contributed by atoms with van der Waals surface area (Å²) in [5.41, 5.74) is 1.06. The molecule has 0 amide bonds. The fraction of sp³-hybridized carbons (Fsp3) is 0.500. The summed E-state index contributed by atoms with van der Waals surface area (Å²) < 4.78 is 29.8. The largest absolute Gasteiger partial charge is 0.380 e. The van der Waals surface area contributed by atoms with Crippen LogP contribution in [0.2, 0.25) is 0 Å². The van der Waals surface area contributed by atoms with E-state index in [9.17, 15) is 8.42 Å². The topological polar surface area (TPSA) is 43.4 Å². The van der Waals surface area contributed by atoms with E-state index in [0.29, 0.717) is 18.1 Å². The Morgan fingerprint density at radius 2 is 1.81 bits per heavy atom. The van der Waals surface area contributed by atoms with E-state index >= 15 is 0 Å². The van der Waals surface area contributed by atoms with Crippen molar-refractivity contribution >= 4 is 9.84 Å². The van der Waals surface area contributed by atoms with Gasteiger partial charge in [0.15, 0.2) is 9.84 Å². The third-order valence-corrected chi connectivity index (χ3v) is 5.37. The number of hydrogen-bond donors (Lipinski definition) is 0. The molecule has 0 unspecified atom stereocenters. The van der Waals surface area contributed by atoms with Crippen LogP contribution in [0.3, 0.4) is 0 Å². The molecule has 1 saturated heterocycles. The first kappa shape index (κ1) is 11.6. The Kier molecular flexibility index (Phi) is 3.04. The van der Waals surface area contributed by atoms with Crippen molar-refractivity contribution < 1.29 is 13.2 Å². The fourth-order valence-corrected chi connectivity index (χ4v) is 3.77. The highest BCUT2D eigenvalue weighted by Gasteiger charge is 2.36. The van der Waals surface area contributed by atoms with Gasteiger partial charge in [-0.15, -0.1) is 0 Å². The molecule has 1 aliphatic heterocycles. The third kappa shape index (κ3) is 1.99. The molecule has 1 aromatic rings. The Labute approximate surface area is 96.4 Å². The predicted molar refractivity (Wildman–Crippen MR) is 62.1 cm³/mol. The van der Waals surface area contributed by atoms with Gasteiger partial charge in [-0.1, -0.05) is 24.6 Å². The minimum Gasteiger partial charge on any atom is -0.380 e. The monoisotopic (exact) mass is 240 g/mol. The van der Waals surface area contributed by atoms with Gasteiger partial charge in [-0.05, 0) is 25.0 Å². The summed E-state index contributed by atoms with van der Waals surface area (Å²) in [6, 6.07) is 7.01. The van der Waals surface area contributed by atoms with Gasteiger partial charge < -0.3 is 4.74 Å². The normalized spacial score (nSPS) is 25.9. The minimum atomic E-state index is -3.23. The molecule has 3 nitrogen and oxygen atoms in total. The zero-order valence-electron chi connectivity index (χ0n) is 9.51. The number of sulfone groups is 1. The molecular weight excluding hydrogens is 224 g/mol. The van der Waals surface area contributed by atoms with E-state index in [1.165, 1.54) is 0 Å². The van der Waals surface area contributed by atoms with Gasteiger partial charge in [0.2, 0.25) is 0 Å². The maximum atomic E-state index is 12.3. The molecule has 0 saturated carbocycles. The van der Waals surface area contributed by atoms with Gasteiger partial charge in [-0.3, -0.25) is 0 Å². The van der Waals surface area contributed by atoms with Crippen LogP contribution in [0.5, 0.6) is 0 Å². The first-order valence-electron chi connectivity index (χ1n) is 5.40. The molecule has 0 aromatic heterocycles. The van der Waals surface area contributed by atoms with Crippen LogP contribution in [0, 0.1) is 12.8 Å². The molecule has 1 fully saturated rings. The van der Waals surface area contributed by atoms with E-state index in [-0.39, 0.29) is 5.92 Å². The Hall–Kier alpha value is -0.870. The predicted octanol–water partition coefficient (Wildman–Crippen LogP) is 1.80. The number of rotatable bonds is 2. The maximum Gasteiger partial charge on any atom is 0.183 e. The van der Waals surface area contributed by atoms with Crippen LogP contribution in [-0.2, 0) is 14.6 Å². The van der Waals surface area contributed by atoms with Crippen molar-refractivity contribution in [2.75, 3.05) is 13.2 Å². The van der Waals surface area contributed by atoms with E-state index in [4.69, 9.17) is 4.74 Å². The van der Waals surface area contributed by atoms with Crippen LogP contribution in [-0.4, -0.2) is 26.9 Å². The molecule has 0 radical (unpaired) electrons. The molecule has 16 heavy (non-hydrogen) atoms. The lowest BCUT2D eigenvalue weighted by molar-refractivity contribution is 0.188. The van der Waals surface area contributed by atoms with Crippen LogP contribution < -0.4 is 0 Å². The van der Waals surface area contributed by atoms with Gasteiger partial charge in [0.1, 0.15) is 0 Å². The number of hydrogen-bond acceptors (Lipinski definition) is 3. The van der Waals surface area contributed by atoms with E-state index in [0.717, 1.165) is 5.56 Å². The lowest BCUT2D eigenvalue weighted by Gasteiger charge is -2.14. The van der Waals surface area contributed by atoms with Crippen molar-refractivity contribution in [3.05, 3.63) is 29.8 Å². The lowest BCUT2D eigenvalue weighted by Crippen LogP contribution is -2.27. The van der Waals surface area contributed by atoms with Crippen molar-refractivity contribution in [3.63, 3.8) is 0 Å². The molecule has 4 heteroatoms. The molecule has 0 N–H and O–H groups in total. The average molecular weight is 240 g/mol. The quantitative estimate of drug-likeness (QED) is 0.791. The second-order valence-electron chi connectivity index (χ2n) is 4.41. The van der Waals surface area contributed by atoms with Gasteiger partial charge in [0, 0.05) is 0 Å². The summed E-state index contributed by atoms with van der Waals surface area (Å²) in [5.74, 6) is 0.0753. The zero-order valence-corrected chi connectivity index (χ0v) is 10.3. The van der Waals surface area contributed by atoms with Crippen molar-refractivity contribution in [3.8, 4) is 0 Å². The molecule has 0 spiro atoms. The molecular formula is C12H16O3S. The van der Waals surface area contributed by atoms with Crippen molar-refractivity contribution in [2.45, 2.75) is 24.0 Å². The second-order valence-corrected chi connectivity index (χ2v) is 6.58. The molecule has 1 aromatic carbocycles. The summed E-state index contributed by atoms with van der Waals surface area (Å²) in [7, 11) is -3.23. The summed E-state index contributed by atoms with van der Waals surface area (Å²) >= 11 is 0. The molecule has 2 rings (SSSR count). The van der Waals surface area contributed by atoms with Gasteiger partial charge in [0.05, 0.1) is 23.4 Å². The number of aryl methyl sites for hydroxylation is 1. The Bertz CT molecular complexity index is 462. The minimum absolute atomic E-state index is 0.0753. The van der Waals surface area contributed by atoms with E-state index in [1.807, 2.05) is 26.0 Å². The maximum absolute atomic E-state index is 12.3. The van der Waals surface area contributed by atoms with Crippen LogP contribution >= 0.6 is 0 Å². The van der Waals surface area contributed by atoms with Gasteiger partial charge in [-0.2, -0.15) is 0 Å². The van der Waals surface area contributed by atoms with Crippen LogP contribution in [0.25, 0.3) is 0 Å². The Morgan fingerprint density at radius 1 is 1.19 bits per heavy atom. The summed E-state index contributed by atoms with van der Waals surface area (Å²) in [6.07, 6.45) is 0. The van der Waals surface area contributed by atoms with Gasteiger partial charge >= 0.3 is 0 Å². The zero-order chi connectivity index (χ0) is 11.8. The van der Waals surface area contributed by atoms with Crippen molar-refractivity contribution in [1.29, 1.82) is 0 Å². The summed E-state index contributed by atoms with van der Waals surface area (Å²) in [6.45, 7) is 4.72.